The van der Waals surface area contributed by atoms with E-state index < -0.39 is 11.6 Å². The molecule has 1 aromatic carbocycles. The number of hydrogen-bond donors (Lipinski definition) is 2. The average Bonchev–Trinajstić information content (AvgIpc) is 2.37. The molecule has 0 bridgehead atoms. The maximum Gasteiger partial charge on any atom is 0.224 e. The number of rotatable bonds is 3. The van der Waals surface area contributed by atoms with Crippen molar-refractivity contribution < 1.29 is 13.6 Å². The molecule has 2 N–H and O–H groups in total. The Labute approximate surface area is 129 Å². The molecule has 1 amide bonds. The molecule has 2 rings (SSSR count). The van der Waals surface area contributed by atoms with Gasteiger partial charge in [-0.2, -0.15) is 0 Å². The molecular weight excluding hydrogens is 298 g/mol. The molecule has 3 nitrogen and oxygen atoms in total. The fourth-order valence-electron chi connectivity index (χ4n) is 2.68. The van der Waals surface area contributed by atoms with Gasteiger partial charge in [0.05, 0.1) is 6.42 Å². The van der Waals surface area contributed by atoms with E-state index in [9.17, 15) is 13.6 Å². The van der Waals surface area contributed by atoms with Crippen LogP contribution in [0.2, 0.25) is 0 Å². The smallest absolute Gasteiger partial charge is 0.224 e. The Balaban J connectivity index is 0.00000220. The van der Waals surface area contributed by atoms with Crippen LogP contribution in [0.4, 0.5) is 8.78 Å². The highest BCUT2D eigenvalue weighted by molar-refractivity contribution is 5.85. The number of hydrogen-bond acceptors (Lipinski definition) is 2. The van der Waals surface area contributed by atoms with Gasteiger partial charge in [0.2, 0.25) is 5.91 Å². The number of carbonyl (C=O) groups is 1. The minimum absolute atomic E-state index is 0. The molecule has 3 atom stereocenters. The van der Waals surface area contributed by atoms with E-state index >= 15 is 0 Å². The van der Waals surface area contributed by atoms with Gasteiger partial charge in [0.25, 0.3) is 0 Å². The highest BCUT2D eigenvalue weighted by Crippen LogP contribution is 2.17. The molecule has 0 spiro atoms. The third-order valence-electron chi connectivity index (χ3n) is 3.91. The van der Waals surface area contributed by atoms with Crippen LogP contribution < -0.4 is 10.6 Å². The molecular formula is C15H21ClF2N2O. The molecule has 1 aromatic rings. The summed E-state index contributed by atoms with van der Waals surface area (Å²) in [6.07, 6.45) is 0.933. The van der Waals surface area contributed by atoms with Gasteiger partial charge in [-0.05, 0) is 37.4 Å². The van der Waals surface area contributed by atoms with Crippen LogP contribution >= 0.6 is 12.4 Å². The van der Waals surface area contributed by atoms with E-state index in [4.69, 9.17) is 0 Å². The fourth-order valence-corrected chi connectivity index (χ4v) is 2.68. The summed E-state index contributed by atoms with van der Waals surface area (Å²) in [5.74, 6) is -1.16. The minimum atomic E-state index is -0.678. The monoisotopic (exact) mass is 318 g/mol. The third kappa shape index (κ3) is 4.64. The molecule has 0 aliphatic carbocycles. The minimum Gasteiger partial charge on any atom is -0.351 e. The predicted molar refractivity (Wildman–Crippen MR) is 80.5 cm³/mol. The number of carbonyl (C=O) groups excluding carboxylic acids is 1. The second-order valence-electron chi connectivity index (χ2n) is 5.51. The van der Waals surface area contributed by atoms with Crippen LogP contribution in [0.5, 0.6) is 0 Å². The first-order chi connectivity index (χ1) is 9.47. The number of piperidine rings is 1. The fraction of sp³-hybridized carbons (Fsp3) is 0.533. The summed E-state index contributed by atoms with van der Waals surface area (Å²) >= 11 is 0. The van der Waals surface area contributed by atoms with Crippen LogP contribution in [0.3, 0.4) is 0 Å². The maximum atomic E-state index is 13.5. The SMILES string of the molecule is CC1CCNC(C)C1NC(=O)Cc1ccc(F)cc1F.Cl. The maximum absolute atomic E-state index is 13.5. The van der Waals surface area contributed by atoms with Gasteiger partial charge in [-0.3, -0.25) is 4.79 Å². The second kappa shape index (κ2) is 7.71. The van der Waals surface area contributed by atoms with Crippen LogP contribution in [0.15, 0.2) is 18.2 Å². The van der Waals surface area contributed by atoms with Crippen molar-refractivity contribution in [2.24, 2.45) is 5.92 Å². The topological polar surface area (TPSA) is 41.1 Å². The lowest BCUT2D eigenvalue weighted by Gasteiger charge is -2.36. The zero-order chi connectivity index (χ0) is 14.7. The molecule has 0 radical (unpaired) electrons. The van der Waals surface area contributed by atoms with Crippen molar-refractivity contribution in [2.45, 2.75) is 38.8 Å². The Hall–Kier alpha value is -1.20. The quantitative estimate of drug-likeness (QED) is 0.898. The van der Waals surface area contributed by atoms with E-state index in [1.54, 1.807) is 0 Å². The lowest BCUT2D eigenvalue weighted by molar-refractivity contribution is -0.121. The Kier molecular flexibility index (Phi) is 6.55. The van der Waals surface area contributed by atoms with E-state index in [2.05, 4.69) is 17.6 Å². The van der Waals surface area contributed by atoms with Gasteiger partial charge >= 0.3 is 0 Å². The van der Waals surface area contributed by atoms with E-state index in [0.717, 1.165) is 19.0 Å². The van der Waals surface area contributed by atoms with Crippen LogP contribution in [-0.2, 0) is 11.2 Å². The molecule has 1 aliphatic heterocycles. The van der Waals surface area contributed by atoms with Gasteiger partial charge in [-0.25, -0.2) is 8.78 Å². The van der Waals surface area contributed by atoms with Crippen molar-refractivity contribution in [1.29, 1.82) is 0 Å². The number of nitrogens with one attached hydrogen (secondary N) is 2. The van der Waals surface area contributed by atoms with E-state index in [0.29, 0.717) is 5.92 Å². The van der Waals surface area contributed by atoms with Gasteiger partial charge in [0.1, 0.15) is 11.6 Å². The first kappa shape index (κ1) is 17.9. The van der Waals surface area contributed by atoms with Gasteiger partial charge in [0, 0.05) is 18.2 Å². The van der Waals surface area contributed by atoms with Crippen molar-refractivity contribution in [3.05, 3.63) is 35.4 Å². The summed E-state index contributed by atoms with van der Waals surface area (Å²) in [6, 6.07) is 3.52. The number of benzene rings is 1. The first-order valence-corrected chi connectivity index (χ1v) is 6.94. The molecule has 0 aromatic heterocycles. The van der Waals surface area contributed by atoms with Crippen molar-refractivity contribution in [3.8, 4) is 0 Å². The molecule has 21 heavy (non-hydrogen) atoms. The lowest BCUT2D eigenvalue weighted by Crippen LogP contribution is -2.56. The molecule has 1 aliphatic rings. The van der Waals surface area contributed by atoms with Crippen LogP contribution in [0.25, 0.3) is 0 Å². The summed E-state index contributed by atoms with van der Waals surface area (Å²) in [4.78, 5) is 12.0. The molecule has 1 saturated heterocycles. The summed E-state index contributed by atoms with van der Waals surface area (Å²) in [5.41, 5.74) is 0.216. The van der Waals surface area contributed by atoms with Gasteiger partial charge in [0.15, 0.2) is 0 Å². The molecule has 1 heterocycles. The van der Waals surface area contributed by atoms with Crippen LogP contribution in [0, 0.1) is 17.6 Å². The number of amides is 1. The van der Waals surface area contributed by atoms with Crippen LogP contribution in [-0.4, -0.2) is 24.5 Å². The van der Waals surface area contributed by atoms with Gasteiger partial charge in [-0.1, -0.05) is 13.0 Å². The summed E-state index contributed by atoms with van der Waals surface area (Å²) in [6.45, 7) is 5.07. The average molecular weight is 319 g/mol. The van der Waals surface area contributed by atoms with Gasteiger partial charge in [-0.15, -0.1) is 12.4 Å². The molecule has 1 fully saturated rings. The first-order valence-electron chi connectivity index (χ1n) is 6.94. The van der Waals surface area contributed by atoms with E-state index in [-0.39, 0.29) is 42.4 Å². The van der Waals surface area contributed by atoms with Crippen molar-refractivity contribution in [2.75, 3.05) is 6.54 Å². The van der Waals surface area contributed by atoms with E-state index in [1.807, 2.05) is 6.92 Å². The van der Waals surface area contributed by atoms with Crippen molar-refractivity contribution >= 4 is 18.3 Å². The zero-order valence-corrected chi connectivity index (χ0v) is 13.0. The highest BCUT2D eigenvalue weighted by atomic mass is 35.5. The predicted octanol–water partition coefficient (Wildman–Crippen LogP) is 2.43. The Morgan fingerprint density at radius 3 is 2.71 bits per heavy atom. The van der Waals surface area contributed by atoms with Crippen LogP contribution in [0.1, 0.15) is 25.8 Å². The second-order valence-corrected chi connectivity index (χ2v) is 5.51. The Morgan fingerprint density at radius 2 is 2.10 bits per heavy atom. The molecule has 6 heteroatoms. The summed E-state index contributed by atoms with van der Waals surface area (Å²) < 4.78 is 26.3. The molecule has 0 saturated carbocycles. The highest BCUT2D eigenvalue weighted by Gasteiger charge is 2.28. The largest absolute Gasteiger partial charge is 0.351 e. The van der Waals surface area contributed by atoms with Gasteiger partial charge < -0.3 is 10.6 Å². The summed E-state index contributed by atoms with van der Waals surface area (Å²) in [7, 11) is 0. The normalized spacial score (nSPS) is 25.0. The third-order valence-corrected chi connectivity index (χ3v) is 3.91. The Bertz CT molecular complexity index is 489. The number of halogens is 3. The summed E-state index contributed by atoms with van der Waals surface area (Å²) in [5, 5.41) is 6.26. The molecule has 3 unspecified atom stereocenters. The molecule has 118 valence electrons. The van der Waals surface area contributed by atoms with Crippen molar-refractivity contribution in [3.63, 3.8) is 0 Å². The Morgan fingerprint density at radius 1 is 1.38 bits per heavy atom. The lowest BCUT2D eigenvalue weighted by atomic mass is 9.89. The zero-order valence-electron chi connectivity index (χ0n) is 12.2. The van der Waals surface area contributed by atoms with E-state index in [1.165, 1.54) is 12.1 Å². The standard InChI is InChI=1S/C15H20F2N2O.ClH/c1-9-5-6-18-10(2)15(9)19-14(20)7-11-3-4-12(16)8-13(11)17;/h3-4,8-10,15,18H,5-7H2,1-2H3,(H,19,20);1H. The van der Waals surface area contributed by atoms with Crippen molar-refractivity contribution in [1.82, 2.24) is 10.6 Å².